The van der Waals surface area contributed by atoms with Crippen molar-refractivity contribution in [2.75, 3.05) is 13.2 Å². The van der Waals surface area contributed by atoms with Crippen LogP contribution < -0.4 is 10.6 Å². The average Bonchev–Trinajstić information content (AvgIpc) is 2.75. The van der Waals surface area contributed by atoms with Gasteiger partial charge in [-0.1, -0.05) is 5.92 Å². The highest BCUT2D eigenvalue weighted by Crippen LogP contribution is 1.96. The van der Waals surface area contributed by atoms with Crippen LogP contribution in [0.2, 0.25) is 0 Å². The molecule has 1 aliphatic heterocycles. The Morgan fingerprint density at radius 2 is 2.00 bits per heavy atom. The summed E-state index contributed by atoms with van der Waals surface area (Å²) in [6.07, 6.45) is 0.988. The molecule has 0 N–H and O–H groups in total. The van der Waals surface area contributed by atoms with E-state index in [9.17, 15) is 4.79 Å². The van der Waals surface area contributed by atoms with Crippen LogP contribution in [0, 0.1) is 11.8 Å². The van der Waals surface area contributed by atoms with E-state index in [-0.39, 0.29) is 5.91 Å². The van der Waals surface area contributed by atoms with Crippen molar-refractivity contribution in [3.8, 4) is 11.8 Å². The fourth-order valence-electron chi connectivity index (χ4n) is 1.71. The van der Waals surface area contributed by atoms with Gasteiger partial charge in [0.2, 0.25) is 6.29 Å². The van der Waals surface area contributed by atoms with Gasteiger partial charge in [0.1, 0.15) is 0 Å². The quantitative estimate of drug-likeness (QED) is 0.578. The molecule has 0 bridgehead atoms. The Morgan fingerprint density at radius 1 is 1.26 bits per heavy atom. The van der Waals surface area contributed by atoms with Gasteiger partial charge in [-0.3, -0.25) is 4.79 Å². The molecule has 19 heavy (non-hydrogen) atoms. The third-order valence-corrected chi connectivity index (χ3v) is 2.51. The van der Waals surface area contributed by atoms with Gasteiger partial charge in [-0.15, -0.1) is 0 Å². The van der Waals surface area contributed by atoms with Crippen molar-refractivity contribution < 1.29 is 14.3 Å². The first kappa shape index (κ1) is 13.5. The molecule has 98 valence electrons. The minimum absolute atomic E-state index is 0.221. The van der Waals surface area contributed by atoms with Crippen molar-refractivity contribution in [2.45, 2.75) is 20.1 Å². The topological polar surface area (TPSA) is 47.9 Å². The van der Waals surface area contributed by atoms with E-state index >= 15 is 0 Å². The summed E-state index contributed by atoms with van der Waals surface area (Å²) in [5, 5.41) is 1.50. The van der Waals surface area contributed by atoms with E-state index < -0.39 is 6.29 Å². The van der Waals surface area contributed by atoms with Gasteiger partial charge >= 0.3 is 0 Å². The lowest BCUT2D eigenvalue weighted by Crippen LogP contribution is -2.21. The molecule has 0 unspecified atom stereocenters. The lowest BCUT2D eigenvalue weighted by Gasteiger charge is -2.09. The Balaban J connectivity index is 2.21. The second kappa shape index (κ2) is 6.28. The molecule has 0 spiro atoms. The molecule has 0 radical (unpaired) electrons. The van der Waals surface area contributed by atoms with Gasteiger partial charge < -0.3 is 9.47 Å². The second-order valence-corrected chi connectivity index (χ2v) is 3.88. The summed E-state index contributed by atoms with van der Waals surface area (Å²) in [5.41, 5.74) is 0.810. The third-order valence-electron chi connectivity index (χ3n) is 2.51. The summed E-state index contributed by atoms with van der Waals surface area (Å²) in [7, 11) is 0. The summed E-state index contributed by atoms with van der Waals surface area (Å²) in [6, 6.07) is 5.46. The molecule has 1 aromatic carbocycles. The molecule has 0 fully saturated rings. The summed E-state index contributed by atoms with van der Waals surface area (Å²) in [4.78, 5) is 15.0. The fraction of sp³-hybridized carbons (Fsp3) is 0.333. The average molecular weight is 257 g/mol. The molecule has 0 aromatic heterocycles. The number of rotatable bonds is 4. The smallest absolute Gasteiger partial charge is 0.270 e. The van der Waals surface area contributed by atoms with Crippen molar-refractivity contribution >= 4 is 12.0 Å². The van der Waals surface area contributed by atoms with E-state index in [1.165, 1.54) is 6.08 Å². The van der Waals surface area contributed by atoms with Crippen molar-refractivity contribution in [1.29, 1.82) is 0 Å². The predicted octanol–water partition coefficient (Wildman–Crippen LogP) is 0.377. The molecular formula is C15H15NO3. The van der Waals surface area contributed by atoms with Gasteiger partial charge in [0.25, 0.3) is 5.91 Å². The van der Waals surface area contributed by atoms with Crippen molar-refractivity contribution in [1.82, 2.24) is 0 Å². The number of nitrogens with zero attached hydrogens (tertiary/aromatic N) is 1. The van der Waals surface area contributed by atoms with Crippen LogP contribution >= 0.6 is 0 Å². The summed E-state index contributed by atoms with van der Waals surface area (Å²) < 4.78 is 10.7. The van der Waals surface area contributed by atoms with Crippen molar-refractivity contribution in [3.05, 3.63) is 34.3 Å². The Labute approximate surface area is 111 Å². The molecule has 2 rings (SSSR count). The van der Waals surface area contributed by atoms with E-state index in [1.807, 2.05) is 26.0 Å². The summed E-state index contributed by atoms with van der Waals surface area (Å²) in [6.45, 7) is 4.88. The van der Waals surface area contributed by atoms with Crippen LogP contribution in [-0.4, -0.2) is 25.4 Å². The maximum absolute atomic E-state index is 11.1. The monoisotopic (exact) mass is 257 g/mol. The van der Waals surface area contributed by atoms with Gasteiger partial charge in [-0.2, -0.15) is 0 Å². The standard InChI is InChI=1S/C15H15NO3/c1-3-18-15(19-4-2)8-6-11-5-7-13-12(9-11)10-14(17)16-13/h5,7,9-10,15H,3-4H2,1-2H3. The number of hydrogen-bond acceptors (Lipinski definition) is 3. The molecule has 0 saturated heterocycles. The lowest BCUT2D eigenvalue weighted by atomic mass is 10.2. The summed E-state index contributed by atoms with van der Waals surface area (Å²) >= 11 is 0. The van der Waals surface area contributed by atoms with Gasteiger partial charge in [-0.05, 0) is 38.0 Å². The first-order valence-corrected chi connectivity index (χ1v) is 6.22. The molecule has 4 heteroatoms. The van der Waals surface area contributed by atoms with Crippen LogP contribution in [0.4, 0.5) is 0 Å². The highest BCUT2D eigenvalue weighted by atomic mass is 16.7. The molecule has 0 aliphatic carbocycles. The van der Waals surface area contributed by atoms with E-state index in [0.29, 0.717) is 18.6 Å². The Bertz CT molecular complexity index is 646. The zero-order chi connectivity index (χ0) is 13.7. The highest BCUT2D eigenvalue weighted by Gasteiger charge is 2.04. The van der Waals surface area contributed by atoms with Gasteiger partial charge in [0.05, 0.1) is 5.36 Å². The third kappa shape index (κ3) is 3.50. The molecule has 1 aromatic rings. The van der Waals surface area contributed by atoms with E-state index in [1.54, 1.807) is 6.07 Å². The van der Waals surface area contributed by atoms with Gasteiger partial charge in [0.15, 0.2) is 0 Å². The van der Waals surface area contributed by atoms with Crippen molar-refractivity contribution in [2.24, 2.45) is 4.99 Å². The second-order valence-electron chi connectivity index (χ2n) is 3.88. The first-order valence-electron chi connectivity index (χ1n) is 6.22. The Kier molecular flexibility index (Phi) is 4.45. The van der Waals surface area contributed by atoms with Crippen LogP contribution in [0.3, 0.4) is 0 Å². The number of benzene rings is 1. The molecule has 4 nitrogen and oxygen atoms in total. The zero-order valence-electron chi connectivity index (χ0n) is 11.0. The SMILES string of the molecule is CCOC(C#Cc1ccc2c(c1)=CC(=O)N=2)OCC. The number of carbonyl (C=O) groups excluding carboxylic acids is 1. The van der Waals surface area contributed by atoms with Crippen LogP contribution in [0.1, 0.15) is 19.4 Å². The number of hydrogen-bond donors (Lipinski definition) is 0. The Hall–Kier alpha value is -1.96. The minimum atomic E-state index is -0.515. The number of fused-ring (bicyclic) bond motifs is 1. The van der Waals surface area contributed by atoms with Gasteiger partial charge in [-0.25, -0.2) is 4.99 Å². The van der Waals surface area contributed by atoms with Crippen LogP contribution in [0.25, 0.3) is 6.08 Å². The minimum Gasteiger partial charge on any atom is -0.342 e. The molecule has 1 heterocycles. The number of carbonyl (C=O) groups is 1. The molecular weight excluding hydrogens is 242 g/mol. The fourth-order valence-corrected chi connectivity index (χ4v) is 1.71. The van der Waals surface area contributed by atoms with Crippen LogP contribution in [-0.2, 0) is 14.3 Å². The first-order chi connectivity index (χ1) is 9.22. The zero-order valence-corrected chi connectivity index (χ0v) is 11.0. The highest BCUT2D eigenvalue weighted by molar-refractivity contribution is 6.06. The van der Waals surface area contributed by atoms with Crippen LogP contribution in [0.15, 0.2) is 23.2 Å². The largest absolute Gasteiger partial charge is 0.342 e. The van der Waals surface area contributed by atoms with Crippen molar-refractivity contribution in [3.63, 3.8) is 0 Å². The maximum atomic E-state index is 11.1. The molecule has 0 atom stereocenters. The predicted molar refractivity (Wildman–Crippen MR) is 70.6 cm³/mol. The Morgan fingerprint density at radius 3 is 2.68 bits per heavy atom. The molecule has 0 saturated carbocycles. The number of amides is 1. The normalized spacial score (nSPS) is 12.5. The van der Waals surface area contributed by atoms with Crippen LogP contribution in [0.5, 0.6) is 0 Å². The maximum Gasteiger partial charge on any atom is 0.270 e. The number of ether oxygens (including phenoxy) is 2. The molecule has 1 amide bonds. The van der Waals surface area contributed by atoms with E-state index in [2.05, 4.69) is 16.8 Å². The van der Waals surface area contributed by atoms with E-state index in [0.717, 1.165) is 10.8 Å². The summed E-state index contributed by atoms with van der Waals surface area (Å²) in [5.74, 6) is 5.68. The van der Waals surface area contributed by atoms with E-state index in [4.69, 9.17) is 9.47 Å². The lowest BCUT2D eigenvalue weighted by molar-refractivity contribution is -0.112. The van der Waals surface area contributed by atoms with Gasteiger partial charge in [0, 0.05) is 30.1 Å². The molecule has 1 aliphatic rings.